The summed E-state index contributed by atoms with van der Waals surface area (Å²) in [7, 11) is 1.79. The Kier molecular flexibility index (Phi) is 14.8. The number of nitrogens with zero attached hydrogens (tertiary/aromatic N) is 3. The summed E-state index contributed by atoms with van der Waals surface area (Å²) >= 11 is 0. The number of hydrogen-bond donors (Lipinski definition) is 2. The second-order valence-electron chi connectivity index (χ2n) is 18.4. The minimum absolute atomic E-state index is 0.0104. The van der Waals surface area contributed by atoms with Crippen molar-refractivity contribution in [1.82, 2.24) is 4.90 Å². The SMILES string of the molecule is C=CCOC12Oc3ccc(Oc4ccc(-c5ccccc5)cc4)cc3C3C(CCCCO)C(CCCCO)C=C(C(=NOCc4ccc([N+](=O)[O-])cc4)CC1N(C)C(=O)c1ccc4ccccc4c1)C32. The molecule has 360 valence electrons. The van der Waals surface area contributed by atoms with E-state index in [1.165, 1.54) is 12.1 Å². The van der Waals surface area contributed by atoms with Crippen LogP contribution in [-0.4, -0.2) is 70.4 Å². The normalized spacial score (nSPS) is 21.7. The molecule has 2 N–H and O–H groups in total. The maximum atomic E-state index is 15.0. The zero-order valence-electron chi connectivity index (χ0n) is 39.4. The standard InChI is InChI=1S/C58H59N3O9/c1-3-33-67-58-54(60(2)57(64)45-22-21-41-15-7-8-16-43(41)34-45)37-52(59-68-38-39-19-25-46(26-20-39)61(65)66)50-35-44(17-9-11-31-62)49(18-10-12-32-63)55(56(50)58)51-36-48(29-30-53(51)70-58)69-47-27-23-42(24-28-47)40-13-5-4-6-14-40/h3-8,13-16,19-30,34-36,44,49,54-56,62-63H,1,9-12,17-18,31-33,37-38H2,2H3. The van der Waals surface area contributed by atoms with Gasteiger partial charge in [-0.05, 0) is 125 Å². The fraction of sp³-hybridized carbons (Fsp3) is 0.310. The third-order valence-electron chi connectivity index (χ3n) is 14.2. The Morgan fingerprint density at radius 1 is 0.843 bits per heavy atom. The van der Waals surface area contributed by atoms with Gasteiger partial charge < -0.3 is 34.2 Å². The lowest BCUT2D eigenvalue weighted by molar-refractivity contribution is -0.384. The number of allylic oxidation sites excluding steroid dienone is 1. The first-order chi connectivity index (χ1) is 34.2. The molecule has 0 aromatic heterocycles. The van der Waals surface area contributed by atoms with Gasteiger partial charge in [-0.3, -0.25) is 14.9 Å². The molecule has 6 unspecified atom stereocenters. The highest BCUT2D eigenvalue weighted by Gasteiger charge is 2.65. The van der Waals surface area contributed by atoms with E-state index in [9.17, 15) is 20.3 Å². The zero-order valence-corrected chi connectivity index (χ0v) is 39.4. The van der Waals surface area contributed by atoms with Gasteiger partial charge in [-0.2, -0.15) is 0 Å². The van der Waals surface area contributed by atoms with Crippen molar-refractivity contribution in [3.63, 3.8) is 0 Å². The van der Waals surface area contributed by atoms with Crippen molar-refractivity contribution in [3.8, 4) is 28.4 Å². The van der Waals surface area contributed by atoms with Gasteiger partial charge in [0.2, 0.25) is 5.79 Å². The molecule has 12 heteroatoms. The van der Waals surface area contributed by atoms with E-state index >= 15 is 4.79 Å². The van der Waals surface area contributed by atoms with E-state index in [-0.39, 0.29) is 62.2 Å². The maximum absolute atomic E-state index is 15.0. The average Bonchev–Trinajstić information content (AvgIpc) is 3.39. The summed E-state index contributed by atoms with van der Waals surface area (Å²) in [6.07, 6.45) is 8.61. The molecular weight excluding hydrogens is 883 g/mol. The monoisotopic (exact) mass is 941 g/mol. The number of oxime groups is 1. The van der Waals surface area contributed by atoms with Crippen LogP contribution in [0, 0.1) is 27.9 Å². The maximum Gasteiger partial charge on any atom is 0.269 e. The van der Waals surface area contributed by atoms with Crippen LogP contribution in [-0.2, 0) is 16.2 Å². The van der Waals surface area contributed by atoms with Gasteiger partial charge in [0.05, 0.1) is 23.2 Å². The number of ether oxygens (including phenoxy) is 3. The Morgan fingerprint density at radius 2 is 1.54 bits per heavy atom. The molecule has 2 aliphatic carbocycles. The summed E-state index contributed by atoms with van der Waals surface area (Å²) in [6, 6.07) is 43.2. The number of nitro groups is 1. The van der Waals surface area contributed by atoms with Crippen molar-refractivity contribution in [1.29, 1.82) is 0 Å². The van der Waals surface area contributed by atoms with Crippen molar-refractivity contribution in [2.45, 2.75) is 69.3 Å². The Morgan fingerprint density at radius 3 is 2.27 bits per heavy atom. The number of amides is 1. The van der Waals surface area contributed by atoms with E-state index in [4.69, 9.17) is 24.2 Å². The summed E-state index contributed by atoms with van der Waals surface area (Å²) in [6.45, 7) is 4.37. The van der Waals surface area contributed by atoms with Gasteiger partial charge in [-0.1, -0.05) is 103 Å². The van der Waals surface area contributed by atoms with Gasteiger partial charge in [0.25, 0.3) is 11.6 Å². The van der Waals surface area contributed by atoms with Gasteiger partial charge in [-0.25, -0.2) is 0 Å². The number of non-ortho nitro benzene ring substituents is 1. The topological polar surface area (TPSA) is 153 Å². The highest BCUT2D eigenvalue weighted by atomic mass is 16.7. The highest BCUT2D eigenvalue weighted by Crippen LogP contribution is 2.62. The molecule has 70 heavy (non-hydrogen) atoms. The molecule has 6 aromatic carbocycles. The molecule has 6 atom stereocenters. The predicted octanol–water partition coefficient (Wildman–Crippen LogP) is 11.8. The summed E-state index contributed by atoms with van der Waals surface area (Å²) in [5.74, 6) is -0.499. The fourth-order valence-electron chi connectivity index (χ4n) is 10.8. The Bertz CT molecular complexity index is 2870. The molecule has 1 heterocycles. The van der Waals surface area contributed by atoms with Crippen LogP contribution in [0.4, 0.5) is 5.69 Å². The quantitative estimate of drug-likeness (QED) is 0.0329. The van der Waals surface area contributed by atoms with E-state index in [0.29, 0.717) is 46.9 Å². The molecule has 6 aromatic rings. The number of carbonyl (C=O) groups is 1. The Hall–Kier alpha value is -7.12. The van der Waals surface area contributed by atoms with E-state index in [1.807, 2.05) is 97.1 Å². The number of aliphatic hydroxyl groups is 2. The number of fused-ring (bicyclic) bond motifs is 3. The van der Waals surface area contributed by atoms with Crippen molar-refractivity contribution >= 4 is 28.1 Å². The lowest BCUT2D eigenvalue weighted by Gasteiger charge is -2.59. The number of rotatable bonds is 20. The number of nitro benzene ring substituents is 1. The van der Waals surface area contributed by atoms with Crippen LogP contribution in [0.5, 0.6) is 17.2 Å². The second kappa shape index (κ2) is 21.7. The van der Waals surface area contributed by atoms with Gasteiger partial charge >= 0.3 is 0 Å². The first-order valence-electron chi connectivity index (χ1n) is 24.2. The largest absolute Gasteiger partial charge is 0.459 e. The van der Waals surface area contributed by atoms with Crippen molar-refractivity contribution in [3.05, 3.63) is 191 Å². The van der Waals surface area contributed by atoms with Crippen LogP contribution in [0.2, 0.25) is 0 Å². The van der Waals surface area contributed by atoms with E-state index in [1.54, 1.807) is 30.2 Å². The molecule has 0 bridgehead atoms. The van der Waals surface area contributed by atoms with Crippen molar-refractivity contribution in [2.24, 2.45) is 22.9 Å². The fourth-order valence-corrected chi connectivity index (χ4v) is 10.8. The van der Waals surface area contributed by atoms with Crippen molar-refractivity contribution < 1.29 is 39.0 Å². The lowest BCUT2D eigenvalue weighted by Crippen LogP contribution is -2.69. The molecular formula is C58H59N3O9. The summed E-state index contributed by atoms with van der Waals surface area (Å²) < 4.78 is 21.1. The average molecular weight is 942 g/mol. The first kappa shape index (κ1) is 47.9. The van der Waals surface area contributed by atoms with Crippen LogP contribution >= 0.6 is 0 Å². The number of hydrogen-bond acceptors (Lipinski definition) is 10. The number of benzene rings is 6. The van der Waals surface area contributed by atoms with Gasteiger partial charge in [-0.15, -0.1) is 6.58 Å². The van der Waals surface area contributed by atoms with Crippen LogP contribution in [0.15, 0.2) is 169 Å². The minimum Gasteiger partial charge on any atom is -0.459 e. The Balaban J connectivity index is 1.18. The molecule has 9 rings (SSSR count). The summed E-state index contributed by atoms with van der Waals surface area (Å²) in [5, 5.41) is 38.3. The lowest BCUT2D eigenvalue weighted by atomic mass is 9.55. The molecule has 0 saturated heterocycles. The molecule has 1 saturated carbocycles. The number of aliphatic hydroxyl groups excluding tert-OH is 2. The number of carbonyl (C=O) groups excluding carboxylic acids is 1. The first-order valence-corrected chi connectivity index (χ1v) is 24.2. The number of likely N-dealkylation sites (N-methyl/N-ethyl adjacent to an activating group) is 1. The molecule has 3 aliphatic rings. The summed E-state index contributed by atoms with van der Waals surface area (Å²) in [4.78, 5) is 33.9. The second-order valence-corrected chi connectivity index (χ2v) is 18.4. The van der Waals surface area contributed by atoms with Gasteiger partial charge in [0, 0.05) is 55.9 Å². The van der Waals surface area contributed by atoms with Gasteiger partial charge in [0.15, 0.2) is 0 Å². The van der Waals surface area contributed by atoms with E-state index < -0.39 is 22.7 Å². The van der Waals surface area contributed by atoms with Gasteiger partial charge in [0.1, 0.15) is 29.9 Å². The van der Waals surface area contributed by atoms with Crippen LogP contribution in [0.25, 0.3) is 21.9 Å². The molecule has 0 spiro atoms. The van der Waals surface area contributed by atoms with E-state index in [0.717, 1.165) is 58.7 Å². The molecule has 1 fully saturated rings. The van der Waals surface area contributed by atoms with Crippen LogP contribution < -0.4 is 9.47 Å². The predicted molar refractivity (Wildman–Crippen MR) is 271 cm³/mol. The molecule has 12 nitrogen and oxygen atoms in total. The van der Waals surface area contributed by atoms with Crippen molar-refractivity contribution in [2.75, 3.05) is 26.9 Å². The van der Waals surface area contributed by atoms with Crippen LogP contribution in [0.3, 0.4) is 0 Å². The number of unbranched alkanes of at least 4 members (excludes halogenated alkanes) is 2. The summed E-state index contributed by atoms with van der Waals surface area (Å²) in [5.41, 5.74) is 5.84. The van der Waals surface area contributed by atoms with Crippen LogP contribution in [0.1, 0.15) is 72.3 Å². The smallest absolute Gasteiger partial charge is 0.269 e. The highest BCUT2D eigenvalue weighted by molar-refractivity contribution is 6.04. The van der Waals surface area contributed by atoms with E-state index in [2.05, 4.69) is 30.9 Å². The molecule has 1 amide bonds. The molecule has 1 aliphatic heterocycles. The molecule has 0 radical (unpaired) electrons. The minimum atomic E-state index is -1.45. The third kappa shape index (κ3) is 9.98. The Labute approximate surface area is 408 Å². The zero-order chi connectivity index (χ0) is 48.6. The third-order valence-corrected chi connectivity index (χ3v) is 14.2.